The number of rotatable bonds is 7. The Labute approximate surface area is 124 Å². The van der Waals surface area contributed by atoms with Gasteiger partial charge in [-0.1, -0.05) is 12.8 Å². The van der Waals surface area contributed by atoms with Crippen molar-refractivity contribution >= 4 is 0 Å². The van der Waals surface area contributed by atoms with Crippen molar-refractivity contribution < 1.29 is 9.47 Å². The van der Waals surface area contributed by atoms with E-state index in [0.29, 0.717) is 5.54 Å². The zero-order chi connectivity index (χ0) is 14.5. The molecule has 2 fully saturated rings. The van der Waals surface area contributed by atoms with Gasteiger partial charge in [0.15, 0.2) is 0 Å². The van der Waals surface area contributed by atoms with Gasteiger partial charge in [-0.3, -0.25) is 4.90 Å². The molecule has 1 saturated heterocycles. The van der Waals surface area contributed by atoms with Crippen LogP contribution in [-0.2, 0) is 9.47 Å². The van der Waals surface area contributed by atoms with Gasteiger partial charge in [-0.25, -0.2) is 0 Å². The van der Waals surface area contributed by atoms with E-state index in [2.05, 4.69) is 24.1 Å². The second kappa shape index (κ2) is 7.21. The first-order valence-corrected chi connectivity index (χ1v) is 8.15. The smallest absolute Gasteiger partial charge is 0.0593 e. The lowest BCUT2D eigenvalue weighted by Gasteiger charge is -2.51. The van der Waals surface area contributed by atoms with Gasteiger partial charge in [0, 0.05) is 51.0 Å². The van der Waals surface area contributed by atoms with Gasteiger partial charge < -0.3 is 14.8 Å². The molecule has 0 radical (unpaired) electrons. The molecule has 1 aliphatic carbocycles. The van der Waals surface area contributed by atoms with Gasteiger partial charge in [0.05, 0.1) is 6.61 Å². The molecule has 0 atom stereocenters. The molecule has 4 nitrogen and oxygen atoms in total. The SMILES string of the molecule is COCCCOCCN1CC(C)(C)NCC12CCCC2. The highest BCUT2D eigenvalue weighted by Crippen LogP contribution is 2.38. The molecule has 0 amide bonds. The second-order valence-corrected chi connectivity index (χ2v) is 7.05. The van der Waals surface area contributed by atoms with Crippen LogP contribution in [0.3, 0.4) is 0 Å². The first-order valence-electron chi connectivity index (χ1n) is 8.15. The summed E-state index contributed by atoms with van der Waals surface area (Å²) in [4.78, 5) is 2.70. The molecule has 1 saturated carbocycles. The Hall–Kier alpha value is -0.160. The number of hydrogen-bond donors (Lipinski definition) is 1. The molecule has 0 bridgehead atoms. The molecule has 2 aliphatic rings. The Balaban J connectivity index is 1.79. The summed E-state index contributed by atoms with van der Waals surface area (Å²) < 4.78 is 10.8. The van der Waals surface area contributed by atoms with Gasteiger partial charge in [-0.15, -0.1) is 0 Å². The van der Waals surface area contributed by atoms with E-state index >= 15 is 0 Å². The minimum Gasteiger partial charge on any atom is -0.385 e. The first-order chi connectivity index (χ1) is 9.58. The van der Waals surface area contributed by atoms with Crippen LogP contribution in [0.25, 0.3) is 0 Å². The highest BCUT2D eigenvalue weighted by Gasteiger charge is 2.45. The molecule has 0 aromatic carbocycles. The average Bonchev–Trinajstić information content (AvgIpc) is 2.88. The van der Waals surface area contributed by atoms with Crippen molar-refractivity contribution in [1.82, 2.24) is 10.2 Å². The van der Waals surface area contributed by atoms with Crippen LogP contribution in [0.5, 0.6) is 0 Å². The van der Waals surface area contributed by atoms with E-state index in [1.54, 1.807) is 7.11 Å². The van der Waals surface area contributed by atoms with E-state index < -0.39 is 0 Å². The largest absolute Gasteiger partial charge is 0.385 e. The molecule has 0 aromatic heterocycles. The summed E-state index contributed by atoms with van der Waals surface area (Å²) in [6.07, 6.45) is 6.45. The summed E-state index contributed by atoms with van der Waals surface area (Å²) >= 11 is 0. The molecule has 1 N–H and O–H groups in total. The maximum Gasteiger partial charge on any atom is 0.0593 e. The van der Waals surface area contributed by atoms with Crippen molar-refractivity contribution in [3.8, 4) is 0 Å². The van der Waals surface area contributed by atoms with Crippen molar-refractivity contribution in [2.45, 2.75) is 57.0 Å². The second-order valence-electron chi connectivity index (χ2n) is 7.05. The fraction of sp³-hybridized carbons (Fsp3) is 1.00. The predicted octanol–water partition coefficient (Wildman–Crippen LogP) is 2.04. The zero-order valence-corrected chi connectivity index (χ0v) is 13.5. The van der Waals surface area contributed by atoms with E-state index in [9.17, 15) is 0 Å². The van der Waals surface area contributed by atoms with Gasteiger partial charge in [-0.05, 0) is 33.1 Å². The van der Waals surface area contributed by atoms with Crippen LogP contribution in [0.15, 0.2) is 0 Å². The Bertz CT molecular complexity index is 288. The molecule has 0 aromatic rings. The van der Waals surface area contributed by atoms with Crippen LogP contribution in [0.1, 0.15) is 46.0 Å². The monoisotopic (exact) mass is 284 g/mol. The minimum atomic E-state index is 0.226. The third-order valence-electron chi connectivity index (χ3n) is 4.83. The van der Waals surface area contributed by atoms with Gasteiger partial charge in [0.1, 0.15) is 0 Å². The number of nitrogens with one attached hydrogen (secondary N) is 1. The van der Waals surface area contributed by atoms with E-state index in [1.165, 1.54) is 25.7 Å². The Morgan fingerprint density at radius 2 is 1.85 bits per heavy atom. The topological polar surface area (TPSA) is 33.7 Å². The average molecular weight is 284 g/mol. The van der Waals surface area contributed by atoms with Crippen molar-refractivity contribution in [1.29, 1.82) is 0 Å². The van der Waals surface area contributed by atoms with Crippen molar-refractivity contribution in [2.24, 2.45) is 0 Å². The van der Waals surface area contributed by atoms with Gasteiger partial charge >= 0.3 is 0 Å². The van der Waals surface area contributed by atoms with Gasteiger partial charge in [0.2, 0.25) is 0 Å². The van der Waals surface area contributed by atoms with Crippen LogP contribution in [-0.4, -0.2) is 62.5 Å². The maximum atomic E-state index is 5.77. The zero-order valence-electron chi connectivity index (χ0n) is 13.5. The van der Waals surface area contributed by atoms with Crippen LogP contribution < -0.4 is 5.32 Å². The number of methoxy groups -OCH3 is 1. The summed E-state index contributed by atoms with van der Waals surface area (Å²) in [5.74, 6) is 0. The Morgan fingerprint density at radius 1 is 1.10 bits per heavy atom. The van der Waals surface area contributed by atoms with Gasteiger partial charge in [0.25, 0.3) is 0 Å². The summed E-state index contributed by atoms with van der Waals surface area (Å²) in [5.41, 5.74) is 0.634. The molecule has 0 unspecified atom stereocenters. The van der Waals surface area contributed by atoms with Crippen molar-refractivity contribution in [3.05, 3.63) is 0 Å². The third kappa shape index (κ3) is 4.17. The standard InChI is InChI=1S/C16H32N2O2/c1-15(2)14-18(9-12-20-11-6-10-19-3)16(13-17-15)7-4-5-8-16/h17H,4-14H2,1-3H3. The molecule has 1 heterocycles. The quantitative estimate of drug-likeness (QED) is 0.725. The van der Waals surface area contributed by atoms with Crippen LogP contribution in [0.2, 0.25) is 0 Å². The highest BCUT2D eigenvalue weighted by atomic mass is 16.5. The Kier molecular flexibility index (Phi) is 5.84. The fourth-order valence-corrected chi connectivity index (χ4v) is 3.64. The molecular weight excluding hydrogens is 252 g/mol. The van der Waals surface area contributed by atoms with E-state index in [4.69, 9.17) is 9.47 Å². The van der Waals surface area contributed by atoms with Gasteiger partial charge in [-0.2, -0.15) is 0 Å². The molecule has 118 valence electrons. The van der Waals surface area contributed by atoms with Crippen molar-refractivity contribution in [3.63, 3.8) is 0 Å². The van der Waals surface area contributed by atoms with Crippen LogP contribution in [0.4, 0.5) is 0 Å². The molecule has 1 spiro atoms. The van der Waals surface area contributed by atoms with E-state index in [1.807, 2.05) is 0 Å². The summed E-state index contributed by atoms with van der Waals surface area (Å²) in [5, 5.41) is 3.74. The number of ether oxygens (including phenoxy) is 2. The van der Waals surface area contributed by atoms with Crippen LogP contribution >= 0.6 is 0 Å². The summed E-state index contributed by atoms with van der Waals surface area (Å²) in [7, 11) is 1.74. The summed E-state index contributed by atoms with van der Waals surface area (Å²) in [6.45, 7) is 10.4. The molecule has 20 heavy (non-hydrogen) atoms. The van der Waals surface area contributed by atoms with Crippen molar-refractivity contribution in [2.75, 3.05) is 46.6 Å². The lowest BCUT2D eigenvalue weighted by Crippen LogP contribution is -2.67. The fourth-order valence-electron chi connectivity index (χ4n) is 3.64. The molecular formula is C16H32N2O2. The Morgan fingerprint density at radius 3 is 2.55 bits per heavy atom. The third-order valence-corrected chi connectivity index (χ3v) is 4.83. The molecule has 2 rings (SSSR count). The molecule has 4 heteroatoms. The highest BCUT2D eigenvalue weighted by molar-refractivity contribution is 5.04. The maximum absolute atomic E-state index is 5.77. The number of nitrogens with zero attached hydrogens (tertiary/aromatic N) is 1. The normalized spacial score (nSPS) is 25.4. The lowest BCUT2D eigenvalue weighted by atomic mass is 9.87. The number of piperazine rings is 1. The first kappa shape index (κ1) is 16.2. The summed E-state index contributed by atoms with van der Waals surface area (Å²) in [6, 6.07) is 0. The number of hydrogen-bond acceptors (Lipinski definition) is 4. The van der Waals surface area contributed by atoms with E-state index in [0.717, 1.165) is 45.9 Å². The minimum absolute atomic E-state index is 0.226. The van der Waals surface area contributed by atoms with E-state index in [-0.39, 0.29) is 5.54 Å². The lowest BCUT2D eigenvalue weighted by molar-refractivity contribution is -0.00644. The predicted molar refractivity (Wildman–Crippen MR) is 82.2 cm³/mol. The van der Waals surface area contributed by atoms with Crippen LogP contribution in [0, 0.1) is 0 Å². The molecule has 1 aliphatic heterocycles.